The van der Waals surface area contributed by atoms with Gasteiger partial charge in [0.15, 0.2) is 11.0 Å². The fourth-order valence-electron chi connectivity index (χ4n) is 2.82. The molecule has 0 aliphatic rings. The molecule has 0 aromatic carbocycles. The minimum Gasteiger partial charge on any atom is -0.418 e. The molecule has 0 atom stereocenters. The second kappa shape index (κ2) is 9.54. The van der Waals surface area contributed by atoms with Crippen LogP contribution in [0.3, 0.4) is 0 Å². The van der Waals surface area contributed by atoms with Crippen molar-refractivity contribution in [2.45, 2.75) is 25.0 Å². The lowest BCUT2D eigenvalue weighted by molar-refractivity contribution is -0.129. The number of thioether (sulfide) groups is 1. The van der Waals surface area contributed by atoms with Crippen LogP contribution in [0.2, 0.25) is 0 Å². The van der Waals surface area contributed by atoms with Crippen LogP contribution in [-0.4, -0.2) is 48.1 Å². The molecular formula is C19H20N6O2S3. The maximum absolute atomic E-state index is 12.9. The molecule has 0 spiro atoms. The Morgan fingerprint density at radius 3 is 2.60 bits per heavy atom. The van der Waals surface area contributed by atoms with Crippen molar-refractivity contribution in [3.05, 3.63) is 40.9 Å². The maximum atomic E-state index is 12.9. The Labute approximate surface area is 186 Å². The molecule has 0 bridgehead atoms. The number of carbonyl (C=O) groups excluding carboxylic acids is 1. The lowest BCUT2D eigenvalue weighted by atomic mass is 10.4. The van der Waals surface area contributed by atoms with Crippen molar-refractivity contribution in [1.29, 1.82) is 0 Å². The maximum Gasteiger partial charge on any atom is 0.257 e. The molecule has 1 amide bonds. The van der Waals surface area contributed by atoms with Crippen LogP contribution in [0.5, 0.6) is 0 Å². The molecule has 0 aliphatic heterocycles. The summed E-state index contributed by atoms with van der Waals surface area (Å²) in [7, 11) is 1.91. The highest BCUT2D eigenvalue weighted by Gasteiger charge is 2.20. The van der Waals surface area contributed by atoms with Crippen molar-refractivity contribution in [2.75, 3.05) is 12.3 Å². The molecule has 156 valence electrons. The van der Waals surface area contributed by atoms with Gasteiger partial charge in [0.25, 0.3) is 5.89 Å². The van der Waals surface area contributed by atoms with Crippen LogP contribution < -0.4 is 0 Å². The smallest absolute Gasteiger partial charge is 0.257 e. The molecule has 0 N–H and O–H groups in total. The van der Waals surface area contributed by atoms with E-state index in [1.807, 2.05) is 53.6 Å². The average Bonchev–Trinajstić information content (AvgIpc) is 3.53. The summed E-state index contributed by atoms with van der Waals surface area (Å²) >= 11 is 4.53. The van der Waals surface area contributed by atoms with Crippen molar-refractivity contribution >= 4 is 40.3 Å². The summed E-state index contributed by atoms with van der Waals surface area (Å²) in [5, 5.41) is 21.4. The van der Waals surface area contributed by atoms with Crippen molar-refractivity contribution in [3.63, 3.8) is 0 Å². The average molecular weight is 461 g/mol. The van der Waals surface area contributed by atoms with Crippen molar-refractivity contribution in [3.8, 4) is 21.5 Å². The van der Waals surface area contributed by atoms with E-state index in [-0.39, 0.29) is 11.7 Å². The van der Waals surface area contributed by atoms with E-state index in [1.165, 1.54) is 23.1 Å². The first-order valence-electron chi connectivity index (χ1n) is 9.35. The number of amides is 1. The molecule has 0 saturated heterocycles. The summed E-state index contributed by atoms with van der Waals surface area (Å²) < 4.78 is 7.66. The number of carbonyl (C=O) groups is 1. The number of rotatable bonds is 9. The van der Waals surface area contributed by atoms with E-state index in [2.05, 4.69) is 20.4 Å². The van der Waals surface area contributed by atoms with E-state index in [4.69, 9.17) is 4.42 Å². The van der Waals surface area contributed by atoms with E-state index in [9.17, 15) is 4.79 Å². The Kier molecular flexibility index (Phi) is 6.60. The highest BCUT2D eigenvalue weighted by Crippen LogP contribution is 2.26. The van der Waals surface area contributed by atoms with Gasteiger partial charge in [-0.15, -0.1) is 43.1 Å². The Hall–Kier alpha value is -2.50. The molecule has 4 aromatic heterocycles. The number of hydrogen-bond acceptors (Lipinski definition) is 9. The van der Waals surface area contributed by atoms with Crippen molar-refractivity contribution < 1.29 is 9.21 Å². The standard InChI is InChI=1S/C19H20N6O2S3/c1-3-8-25(11-15-20-22-18(27-15)14-7-5-10-29-14)16(26)12-30-19-23-21-17(24(19)2)13-6-4-9-28-13/h4-7,9-10H,3,8,11-12H2,1-2H3. The van der Waals surface area contributed by atoms with Gasteiger partial charge in [-0.2, -0.15) is 0 Å². The summed E-state index contributed by atoms with van der Waals surface area (Å²) in [6.07, 6.45) is 0.842. The Bertz CT molecular complexity index is 1090. The molecule has 0 saturated carbocycles. The molecule has 11 heteroatoms. The number of thiophene rings is 2. The second-order valence-electron chi connectivity index (χ2n) is 6.42. The predicted molar refractivity (Wildman–Crippen MR) is 118 cm³/mol. The van der Waals surface area contributed by atoms with Gasteiger partial charge < -0.3 is 13.9 Å². The number of nitrogens with zero attached hydrogens (tertiary/aromatic N) is 6. The van der Waals surface area contributed by atoms with Gasteiger partial charge in [0, 0.05) is 13.6 Å². The summed E-state index contributed by atoms with van der Waals surface area (Å²) in [4.78, 5) is 16.6. The SMILES string of the molecule is CCCN(Cc1nnc(-c2cccs2)o1)C(=O)CSc1nnc(-c2cccs2)n1C. The minimum atomic E-state index is -0.00148. The predicted octanol–water partition coefficient (Wildman–Crippen LogP) is 4.19. The van der Waals surface area contributed by atoms with E-state index >= 15 is 0 Å². The molecule has 4 aromatic rings. The van der Waals surface area contributed by atoms with Gasteiger partial charge in [-0.3, -0.25) is 4.79 Å². The van der Waals surface area contributed by atoms with E-state index in [0.717, 1.165) is 22.0 Å². The normalized spacial score (nSPS) is 11.1. The quantitative estimate of drug-likeness (QED) is 0.346. The lowest BCUT2D eigenvalue weighted by Crippen LogP contribution is -2.32. The Balaban J connectivity index is 1.39. The zero-order chi connectivity index (χ0) is 20.9. The van der Waals surface area contributed by atoms with Gasteiger partial charge in [-0.1, -0.05) is 30.8 Å². The largest absolute Gasteiger partial charge is 0.418 e. The number of aromatic nitrogens is 5. The van der Waals surface area contributed by atoms with Gasteiger partial charge >= 0.3 is 0 Å². The van der Waals surface area contributed by atoms with E-state index in [1.54, 1.807) is 16.2 Å². The lowest BCUT2D eigenvalue weighted by Gasteiger charge is -2.19. The highest BCUT2D eigenvalue weighted by atomic mass is 32.2. The second-order valence-corrected chi connectivity index (χ2v) is 9.26. The zero-order valence-corrected chi connectivity index (χ0v) is 19.0. The monoisotopic (exact) mass is 460 g/mol. The van der Waals surface area contributed by atoms with Crippen molar-refractivity contribution in [2.24, 2.45) is 7.05 Å². The summed E-state index contributed by atoms with van der Waals surface area (Å²) in [6.45, 7) is 2.95. The van der Waals surface area contributed by atoms with E-state index in [0.29, 0.717) is 30.0 Å². The Morgan fingerprint density at radius 2 is 1.90 bits per heavy atom. The topological polar surface area (TPSA) is 89.9 Å². The zero-order valence-electron chi connectivity index (χ0n) is 16.5. The number of hydrogen-bond donors (Lipinski definition) is 0. The van der Waals surface area contributed by atoms with Gasteiger partial charge in [-0.25, -0.2) is 0 Å². The van der Waals surface area contributed by atoms with Crippen LogP contribution in [0.4, 0.5) is 0 Å². The first-order valence-corrected chi connectivity index (χ1v) is 12.1. The van der Waals surface area contributed by atoms with Crippen LogP contribution >= 0.6 is 34.4 Å². The third-order valence-corrected chi connectivity index (χ3v) is 7.00. The van der Waals surface area contributed by atoms with Crippen LogP contribution in [0.1, 0.15) is 19.2 Å². The minimum absolute atomic E-state index is 0.00148. The molecule has 4 heterocycles. The van der Waals surface area contributed by atoms with Crippen LogP contribution in [0.25, 0.3) is 21.5 Å². The van der Waals surface area contributed by atoms with Crippen molar-refractivity contribution in [1.82, 2.24) is 29.9 Å². The molecule has 0 unspecified atom stereocenters. The molecule has 30 heavy (non-hydrogen) atoms. The van der Waals surface area contributed by atoms with E-state index < -0.39 is 0 Å². The van der Waals surface area contributed by atoms with Crippen LogP contribution in [0.15, 0.2) is 44.6 Å². The van der Waals surface area contributed by atoms with Gasteiger partial charge in [-0.05, 0) is 29.3 Å². The molecule has 0 aliphatic carbocycles. The summed E-state index contributed by atoms with van der Waals surface area (Å²) in [6, 6.07) is 7.85. The first-order chi connectivity index (χ1) is 14.7. The van der Waals surface area contributed by atoms with Gasteiger partial charge in [0.1, 0.15) is 0 Å². The third-order valence-electron chi connectivity index (χ3n) is 4.27. The molecule has 0 radical (unpaired) electrons. The van der Waals surface area contributed by atoms with Crippen LogP contribution in [-0.2, 0) is 18.4 Å². The first kappa shape index (κ1) is 20.8. The summed E-state index contributed by atoms with van der Waals surface area (Å²) in [5.74, 6) is 1.99. The fourth-order valence-corrected chi connectivity index (χ4v) is 5.02. The Morgan fingerprint density at radius 1 is 1.13 bits per heavy atom. The molecule has 4 rings (SSSR count). The van der Waals surface area contributed by atoms with Gasteiger partial charge in [0.05, 0.1) is 22.1 Å². The molecule has 8 nitrogen and oxygen atoms in total. The van der Waals surface area contributed by atoms with Gasteiger partial charge in [0.2, 0.25) is 11.8 Å². The third kappa shape index (κ3) is 4.63. The summed E-state index contributed by atoms with van der Waals surface area (Å²) in [5.41, 5.74) is 0. The highest BCUT2D eigenvalue weighted by molar-refractivity contribution is 7.99. The molecule has 0 fully saturated rings. The van der Waals surface area contributed by atoms with Crippen LogP contribution in [0, 0.1) is 0 Å². The fraction of sp³-hybridized carbons (Fsp3) is 0.316. The molecular weight excluding hydrogens is 440 g/mol.